The maximum absolute atomic E-state index is 9.25. The molecule has 0 aliphatic rings. The Morgan fingerprint density at radius 2 is 1.00 bits per heavy atom. The molecule has 2 N–H and O–H groups in total. The van der Waals surface area contributed by atoms with E-state index < -0.39 is 0 Å². The van der Waals surface area contributed by atoms with Crippen LogP contribution in [-0.4, -0.2) is 62.8 Å². The van der Waals surface area contributed by atoms with E-state index in [9.17, 15) is 10.2 Å². The Morgan fingerprint density at radius 3 is 1.36 bits per heavy atom. The molecular weight excluding hydrogens is 316 g/mol. The molecule has 136 valence electrons. The van der Waals surface area contributed by atoms with Gasteiger partial charge in [-0.2, -0.15) is 0 Å². The normalized spacial score (nSPS) is 10.6. The lowest BCUT2D eigenvalue weighted by molar-refractivity contribution is 0.144. The van der Waals surface area contributed by atoms with Crippen molar-refractivity contribution in [1.82, 2.24) is 0 Å². The molecule has 2 aromatic rings. The second-order valence-corrected chi connectivity index (χ2v) is 5.70. The summed E-state index contributed by atoms with van der Waals surface area (Å²) in [5.41, 5.74) is 2.18. The number of hydrogen-bond donors (Lipinski definition) is 2. The molecule has 0 saturated heterocycles. The van der Waals surface area contributed by atoms with E-state index in [4.69, 9.17) is 4.74 Å². The highest BCUT2D eigenvalue weighted by atomic mass is 16.5. The minimum absolute atomic E-state index is 0.118. The molecule has 0 aliphatic carbocycles. The third kappa shape index (κ3) is 6.74. The number of anilines is 2. The van der Waals surface area contributed by atoms with Gasteiger partial charge >= 0.3 is 0 Å². The van der Waals surface area contributed by atoms with Crippen LogP contribution < -0.4 is 9.80 Å². The smallest absolute Gasteiger partial charge is 0.0642 e. The highest BCUT2D eigenvalue weighted by Crippen LogP contribution is 2.13. The highest BCUT2D eigenvalue weighted by Gasteiger charge is 2.07. The molecule has 0 unspecified atom stereocenters. The largest absolute Gasteiger partial charge is 0.395 e. The summed E-state index contributed by atoms with van der Waals surface area (Å²) in [4.78, 5) is 4.23. The van der Waals surface area contributed by atoms with Gasteiger partial charge in [-0.3, -0.25) is 0 Å². The summed E-state index contributed by atoms with van der Waals surface area (Å²) in [7, 11) is 0. The lowest BCUT2D eigenvalue weighted by atomic mass is 10.3. The van der Waals surface area contributed by atoms with Crippen molar-refractivity contribution < 1.29 is 14.9 Å². The predicted octanol–water partition coefficient (Wildman–Crippen LogP) is 2.00. The third-order valence-electron chi connectivity index (χ3n) is 3.99. The van der Waals surface area contributed by atoms with Crippen molar-refractivity contribution >= 4 is 11.4 Å². The molecule has 0 radical (unpaired) electrons. The van der Waals surface area contributed by atoms with Crippen LogP contribution in [0.15, 0.2) is 60.7 Å². The number of para-hydroxylation sites is 2. The van der Waals surface area contributed by atoms with Crippen molar-refractivity contribution in [2.75, 3.05) is 62.4 Å². The van der Waals surface area contributed by atoms with Gasteiger partial charge in [-0.25, -0.2) is 0 Å². The van der Waals surface area contributed by atoms with Crippen LogP contribution in [0.1, 0.15) is 0 Å². The van der Waals surface area contributed by atoms with Crippen LogP contribution in [0.25, 0.3) is 0 Å². The quantitative estimate of drug-likeness (QED) is 0.577. The van der Waals surface area contributed by atoms with Crippen LogP contribution in [0.3, 0.4) is 0 Å². The first-order valence-electron chi connectivity index (χ1n) is 8.74. The fourth-order valence-corrected chi connectivity index (χ4v) is 2.71. The number of aliphatic hydroxyl groups is 2. The van der Waals surface area contributed by atoms with Gasteiger partial charge in [-0.1, -0.05) is 36.4 Å². The Bertz CT molecular complexity index is 514. The average molecular weight is 344 g/mol. The first-order chi connectivity index (χ1) is 12.3. The summed E-state index contributed by atoms with van der Waals surface area (Å²) < 4.78 is 5.78. The van der Waals surface area contributed by atoms with Crippen molar-refractivity contribution in [2.45, 2.75) is 0 Å². The van der Waals surface area contributed by atoms with Crippen molar-refractivity contribution in [1.29, 1.82) is 0 Å². The second kappa shape index (κ2) is 11.5. The summed E-state index contributed by atoms with van der Waals surface area (Å²) in [6.07, 6.45) is 0. The molecule has 5 nitrogen and oxygen atoms in total. The first-order valence-corrected chi connectivity index (χ1v) is 8.74. The molecule has 25 heavy (non-hydrogen) atoms. The monoisotopic (exact) mass is 344 g/mol. The number of benzene rings is 2. The van der Waals surface area contributed by atoms with E-state index >= 15 is 0 Å². The number of hydrogen-bond acceptors (Lipinski definition) is 5. The lowest BCUT2D eigenvalue weighted by Crippen LogP contribution is -2.33. The van der Waals surface area contributed by atoms with Crippen LogP contribution >= 0.6 is 0 Å². The summed E-state index contributed by atoms with van der Waals surface area (Å²) in [5.74, 6) is 0. The maximum Gasteiger partial charge on any atom is 0.0642 e. The van der Waals surface area contributed by atoms with Crippen molar-refractivity contribution in [3.63, 3.8) is 0 Å². The van der Waals surface area contributed by atoms with Gasteiger partial charge in [0.2, 0.25) is 0 Å². The molecule has 2 aromatic carbocycles. The van der Waals surface area contributed by atoms with Gasteiger partial charge in [0.1, 0.15) is 0 Å². The Labute approximate surface area is 150 Å². The molecule has 0 spiro atoms. The van der Waals surface area contributed by atoms with E-state index in [1.165, 1.54) is 0 Å². The van der Waals surface area contributed by atoms with Gasteiger partial charge in [-0.15, -0.1) is 0 Å². The molecule has 0 heterocycles. The van der Waals surface area contributed by atoms with Crippen LogP contribution in [0.5, 0.6) is 0 Å². The third-order valence-corrected chi connectivity index (χ3v) is 3.99. The molecule has 0 fully saturated rings. The first kappa shape index (κ1) is 19.2. The number of rotatable bonds is 12. The van der Waals surface area contributed by atoms with Crippen LogP contribution in [0, 0.1) is 0 Å². The standard InChI is InChI=1S/C20H28N2O3/c23-15-11-21(19-7-3-1-4-8-19)13-17-25-18-14-22(12-16-24)20-9-5-2-6-10-20/h1-10,23-24H,11-18H2. The van der Waals surface area contributed by atoms with Crippen molar-refractivity contribution in [3.05, 3.63) is 60.7 Å². The van der Waals surface area contributed by atoms with E-state index in [0.717, 1.165) is 24.5 Å². The van der Waals surface area contributed by atoms with Crippen molar-refractivity contribution in [2.24, 2.45) is 0 Å². The minimum atomic E-state index is 0.118. The zero-order valence-corrected chi connectivity index (χ0v) is 14.6. The number of aliphatic hydroxyl groups excluding tert-OH is 2. The van der Waals surface area contributed by atoms with Crippen LogP contribution in [-0.2, 0) is 4.74 Å². The van der Waals surface area contributed by atoms with E-state index in [0.29, 0.717) is 26.3 Å². The maximum atomic E-state index is 9.25. The second-order valence-electron chi connectivity index (χ2n) is 5.70. The molecule has 0 atom stereocenters. The van der Waals surface area contributed by atoms with E-state index in [2.05, 4.69) is 9.80 Å². The minimum Gasteiger partial charge on any atom is -0.395 e. The van der Waals surface area contributed by atoms with E-state index in [1.807, 2.05) is 60.7 Å². The van der Waals surface area contributed by atoms with Gasteiger partial charge < -0.3 is 24.7 Å². The zero-order valence-electron chi connectivity index (χ0n) is 14.6. The Morgan fingerprint density at radius 1 is 0.600 bits per heavy atom. The fourth-order valence-electron chi connectivity index (χ4n) is 2.71. The fraction of sp³-hybridized carbons (Fsp3) is 0.400. The lowest BCUT2D eigenvalue weighted by Gasteiger charge is -2.25. The van der Waals surface area contributed by atoms with E-state index in [-0.39, 0.29) is 13.2 Å². The summed E-state index contributed by atoms with van der Waals surface area (Å²) in [6.45, 7) is 4.07. The number of ether oxygens (including phenoxy) is 1. The Kier molecular flexibility index (Phi) is 8.83. The van der Waals surface area contributed by atoms with Gasteiger partial charge in [0, 0.05) is 37.6 Å². The molecule has 2 rings (SSSR count). The summed E-state index contributed by atoms with van der Waals surface area (Å²) in [6, 6.07) is 20.1. The average Bonchev–Trinajstić information content (AvgIpc) is 2.67. The van der Waals surface area contributed by atoms with Crippen LogP contribution in [0.2, 0.25) is 0 Å². The van der Waals surface area contributed by atoms with Crippen molar-refractivity contribution in [3.8, 4) is 0 Å². The van der Waals surface area contributed by atoms with E-state index in [1.54, 1.807) is 0 Å². The molecule has 0 aromatic heterocycles. The SMILES string of the molecule is OCCN(CCOCCN(CCO)c1ccccc1)c1ccccc1. The van der Waals surface area contributed by atoms with Gasteiger partial charge in [0.25, 0.3) is 0 Å². The Hall–Kier alpha value is -2.08. The van der Waals surface area contributed by atoms with Gasteiger partial charge in [0.05, 0.1) is 26.4 Å². The molecule has 5 heteroatoms. The van der Waals surface area contributed by atoms with Gasteiger partial charge in [-0.05, 0) is 24.3 Å². The molecule has 0 aliphatic heterocycles. The zero-order chi connectivity index (χ0) is 17.7. The molecular formula is C20H28N2O3. The predicted molar refractivity (Wildman–Crippen MR) is 102 cm³/mol. The Balaban J connectivity index is 1.75. The summed E-state index contributed by atoms with van der Waals surface area (Å²) >= 11 is 0. The molecule has 0 amide bonds. The molecule has 0 bridgehead atoms. The van der Waals surface area contributed by atoms with Crippen LogP contribution in [0.4, 0.5) is 11.4 Å². The van der Waals surface area contributed by atoms with Gasteiger partial charge in [0.15, 0.2) is 0 Å². The topological polar surface area (TPSA) is 56.2 Å². The highest BCUT2D eigenvalue weighted by molar-refractivity contribution is 5.46. The summed E-state index contributed by atoms with van der Waals surface area (Å²) in [5, 5.41) is 18.5. The number of nitrogens with zero attached hydrogens (tertiary/aromatic N) is 2. The molecule has 0 saturated carbocycles.